The highest BCUT2D eigenvalue weighted by atomic mass is 16.5. The zero-order valence-corrected chi connectivity index (χ0v) is 10.8. The van der Waals surface area contributed by atoms with Gasteiger partial charge < -0.3 is 9.72 Å². The largest absolute Gasteiger partial charge is 0.481 e. The number of nitrogens with zero attached hydrogens (tertiary/aromatic N) is 2. The third kappa shape index (κ3) is 1.27. The molecule has 0 saturated heterocycles. The second-order valence-electron chi connectivity index (χ2n) is 5.61. The van der Waals surface area contributed by atoms with E-state index in [1.807, 2.05) is 6.20 Å². The summed E-state index contributed by atoms with van der Waals surface area (Å²) in [5.41, 5.74) is 4.40. The number of pyridine rings is 1. The predicted molar refractivity (Wildman–Crippen MR) is 69.8 cm³/mol. The van der Waals surface area contributed by atoms with Crippen LogP contribution >= 0.6 is 0 Å². The van der Waals surface area contributed by atoms with Gasteiger partial charge in [0.25, 0.3) is 0 Å². The Labute approximate surface area is 106 Å². The molecule has 0 atom stereocenters. The number of aromatic amines is 1. The monoisotopic (exact) mass is 243 g/mol. The van der Waals surface area contributed by atoms with E-state index in [1.54, 1.807) is 7.11 Å². The highest BCUT2D eigenvalue weighted by Crippen LogP contribution is 2.48. The highest BCUT2D eigenvalue weighted by Gasteiger charge is 2.49. The van der Waals surface area contributed by atoms with Gasteiger partial charge in [0.15, 0.2) is 0 Å². The van der Waals surface area contributed by atoms with E-state index in [1.165, 1.54) is 29.5 Å². The van der Waals surface area contributed by atoms with Crippen LogP contribution in [0.3, 0.4) is 0 Å². The number of nitrogens with one attached hydrogen (secondary N) is 1. The fraction of sp³-hybridized carbons (Fsp3) is 0.500. The van der Waals surface area contributed by atoms with E-state index in [2.05, 4.69) is 28.0 Å². The number of rotatable bonds is 1. The number of likely N-dealkylation sites (N-methyl/N-ethyl adjacent to an activating group) is 1. The lowest BCUT2D eigenvalue weighted by Crippen LogP contribution is -2.39. The topological polar surface area (TPSA) is 41.1 Å². The van der Waals surface area contributed by atoms with E-state index in [0.29, 0.717) is 11.4 Å². The first-order valence-electron chi connectivity index (χ1n) is 6.47. The maximum Gasteiger partial charge on any atom is 0.213 e. The fourth-order valence-electron chi connectivity index (χ4n) is 3.21. The van der Waals surface area contributed by atoms with Gasteiger partial charge in [0.2, 0.25) is 5.88 Å². The molecule has 0 unspecified atom stereocenters. The Bertz CT molecular complexity index is 627. The highest BCUT2D eigenvalue weighted by molar-refractivity contribution is 5.85. The summed E-state index contributed by atoms with van der Waals surface area (Å²) >= 11 is 0. The van der Waals surface area contributed by atoms with Gasteiger partial charge in [-0.2, -0.15) is 0 Å². The lowest BCUT2D eigenvalue weighted by Gasteiger charge is -2.32. The van der Waals surface area contributed by atoms with Gasteiger partial charge in [0.05, 0.1) is 18.8 Å². The average Bonchev–Trinajstić information content (AvgIpc) is 3.07. The van der Waals surface area contributed by atoms with Gasteiger partial charge in [0, 0.05) is 29.2 Å². The van der Waals surface area contributed by atoms with Crippen molar-refractivity contribution >= 4 is 10.9 Å². The lowest BCUT2D eigenvalue weighted by molar-refractivity contribution is 0.193. The standard InChI is InChI=1S/C14H17N3O/c1-17-8-12-10(6-14(17)3-4-14)9-5-13(18-2)15-7-11(9)16-12/h5,7,16H,3-4,6,8H2,1-2H3. The molecule has 2 aromatic heterocycles. The number of methoxy groups -OCH3 is 1. The van der Waals surface area contributed by atoms with E-state index < -0.39 is 0 Å². The summed E-state index contributed by atoms with van der Waals surface area (Å²) in [4.78, 5) is 10.3. The fourth-order valence-corrected chi connectivity index (χ4v) is 3.21. The normalized spacial score (nSPS) is 21.2. The summed E-state index contributed by atoms with van der Waals surface area (Å²) in [7, 11) is 3.91. The first-order valence-corrected chi connectivity index (χ1v) is 6.47. The van der Waals surface area contributed by atoms with Crippen molar-refractivity contribution in [3.8, 4) is 5.88 Å². The Morgan fingerprint density at radius 3 is 3.00 bits per heavy atom. The third-order valence-electron chi connectivity index (χ3n) is 4.60. The van der Waals surface area contributed by atoms with Crippen LogP contribution in [0.2, 0.25) is 0 Å². The molecule has 2 aromatic rings. The first kappa shape index (κ1) is 10.4. The molecule has 4 nitrogen and oxygen atoms in total. The van der Waals surface area contributed by atoms with Crippen LogP contribution in [0.1, 0.15) is 24.1 Å². The van der Waals surface area contributed by atoms with Gasteiger partial charge in [-0.1, -0.05) is 0 Å². The van der Waals surface area contributed by atoms with Crippen molar-refractivity contribution in [2.75, 3.05) is 14.2 Å². The van der Waals surface area contributed by atoms with E-state index in [9.17, 15) is 0 Å². The molecule has 4 heteroatoms. The summed E-state index contributed by atoms with van der Waals surface area (Å²) < 4.78 is 5.24. The molecule has 0 radical (unpaired) electrons. The van der Waals surface area contributed by atoms with Crippen LogP contribution in [0.25, 0.3) is 10.9 Å². The van der Waals surface area contributed by atoms with Crippen molar-refractivity contribution in [3.63, 3.8) is 0 Å². The Balaban J connectivity index is 1.90. The van der Waals surface area contributed by atoms with E-state index in [0.717, 1.165) is 18.5 Å². The Morgan fingerprint density at radius 2 is 2.28 bits per heavy atom. The Morgan fingerprint density at radius 1 is 1.44 bits per heavy atom. The minimum Gasteiger partial charge on any atom is -0.481 e. The number of hydrogen-bond donors (Lipinski definition) is 1. The Hall–Kier alpha value is -1.55. The zero-order valence-electron chi connectivity index (χ0n) is 10.8. The molecule has 1 saturated carbocycles. The molecule has 1 aliphatic heterocycles. The summed E-state index contributed by atoms with van der Waals surface area (Å²) in [5, 5.41) is 1.29. The van der Waals surface area contributed by atoms with Crippen LogP contribution in [0.4, 0.5) is 0 Å². The van der Waals surface area contributed by atoms with Crippen molar-refractivity contribution in [1.29, 1.82) is 0 Å². The van der Waals surface area contributed by atoms with Crippen LogP contribution < -0.4 is 4.74 Å². The molecule has 1 N–H and O–H groups in total. The zero-order chi connectivity index (χ0) is 12.3. The molecular formula is C14H17N3O. The second-order valence-corrected chi connectivity index (χ2v) is 5.61. The third-order valence-corrected chi connectivity index (χ3v) is 4.60. The average molecular weight is 243 g/mol. The van der Waals surface area contributed by atoms with Gasteiger partial charge in [-0.05, 0) is 31.9 Å². The van der Waals surface area contributed by atoms with Crippen LogP contribution in [-0.4, -0.2) is 34.6 Å². The van der Waals surface area contributed by atoms with Crippen LogP contribution in [-0.2, 0) is 13.0 Å². The maximum atomic E-state index is 5.24. The van der Waals surface area contributed by atoms with Gasteiger partial charge >= 0.3 is 0 Å². The molecule has 2 aliphatic rings. The van der Waals surface area contributed by atoms with Crippen LogP contribution in [0.15, 0.2) is 12.3 Å². The number of H-pyrrole nitrogens is 1. The molecule has 3 heterocycles. The number of fused-ring (bicyclic) bond motifs is 3. The van der Waals surface area contributed by atoms with Crippen molar-refractivity contribution in [2.45, 2.75) is 31.3 Å². The minimum absolute atomic E-state index is 0.443. The maximum absolute atomic E-state index is 5.24. The summed E-state index contributed by atoms with van der Waals surface area (Å²) in [6.45, 7) is 1.02. The van der Waals surface area contributed by atoms with Crippen molar-refractivity contribution in [3.05, 3.63) is 23.5 Å². The van der Waals surface area contributed by atoms with E-state index >= 15 is 0 Å². The van der Waals surface area contributed by atoms with E-state index in [-0.39, 0.29) is 0 Å². The van der Waals surface area contributed by atoms with Gasteiger partial charge in [0.1, 0.15) is 0 Å². The Kier molecular flexibility index (Phi) is 1.88. The van der Waals surface area contributed by atoms with E-state index in [4.69, 9.17) is 4.74 Å². The van der Waals surface area contributed by atoms with Crippen LogP contribution in [0.5, 0.6) is 5.88 Å². The molecule has 0 amide bonds. The molecule has 1 aliphatic carbocycles. The summed E-state index contributed by atoms with van der Waals surface area (Å²) in [6.07, 6.45) is 5.70. The van der Waals surface area contributed by atoms with Crippen molar-refractivity contribution in [2.24, 2.45) is 0 Å². The van der Waals surface area contributed by atoms with Crippen LogP contribution in [0, 0.1) is 0 Å². The molecule has 0 bridgehead atoms. The van der Waals surface area contributed by atoms with Crippen molar-refractivity contribution in [1.82, 2.24) is 14.9 Å². The predicted octanol–water partition coefficient (Wildman–Crippen LogP) is 2.09. The quantitative estimate of drug-likeness (QED) is 0.834. The van der Waals surface area contributed by atoms with Gasteiger partial charge in [-0.15, -0.1) is 0 Å². The van der Waals surface area contributed by atoms with Gasteiger partial charge in [-0.25, -0.2) is 4.98 Å². The molecule has 0 aromatic carbocycles. The van der Waals surface area contributed by atoms with Gasteiger partial charge in [-0.3, -0.25) is 4.90 Å². The summed E-state index contributed by atoms with van der Waals surface area (Å²) in [6, 6.07) is 2.06. The lowest BCUT2D eigenvalue weighted by atomic mass is 9.95. The summed E-state index contributed by atoms with van der Waals surface area (Å²) in [5.74, 6) is 0.702. The number of hydrogen-bond acceptors (Lipinski definition) is 3. The molecule has 1 fully saturated rings. The molecule has 1 spiro atoms. The SMILES string of the molecule is COc1cc2c3c([nH]c2cn1)CN(C)C1(CC1)C3. The number of ether oxygens (including phenoxy) is 1. The minimum atomic E-state index is 0.443. The molecule has 4 rings (SSSR count). The number of aromatic nitrogens is 2. The smallest absolute Gasteiger partial charge is 0.213 e. The van der Waals surface area contributed by atoms with Crippen molar-refractivity contribution < 1.29 is 4.74 Å². The second kappa shape index (κ2) is 3.26. The first-order chi connectivity index (χ1) is 8.72. The molecular weight excluding hydrogens is 226 g/mol. The molecule has 94 valence electrons. The molecule has 18 heavy (non-hydrogen) atoms.